The van der Waals surface area contributed by atoms with E-state index in [1.165, 1.54) is 28.0 Å². The Morgan fingerprint density at radius 1 is 0.783 bits per heavy atom. The topological polar surface area (TPSA) is 4.93 Å². The lowest BCUT2D eigenvalue weighted by atomic mass is 10.1. The molecule has 0 fully saturated rings. The van der Waals surface area contributed by atoms with E-state index in [2.05, 4.69) is 70.7 Å². The van der Waals surface area contributed by atoms with Crippen molar-refractivity contribution in [2.45, 2.75) is 13.8 Å². The van der Waals surface area contributed by atoms with E-state index in [0.29, 0.717) is 0 Å². The highest BCUT2D eigenvalue weighted by molar-refractivity contribution is 9.10. The molecule has 0 amide bonds. The molecule has 23 heavy (non-hydrogen) atoms. The SMILES string of the molecule is Cc1ccc2c(c1)c1cc(C)ccc1n2-c1cc(F)cc(Br)c1. The van der Waals surface area contributed by atoms with Crippen LogP contribution in [0.1, 0.15) is 11.1 Å². The number of hydrogen-bond acceptors (Lipinski definition) is 0. The molecule has 1 heterocycles. The number of hydrogen-bond donors (Lipinski definition) is 0. The lowest BCUT2D eigenvalue weighted by molar-refractivity contribution is 0.626. The monoisotopic (exact) mass is 367 g/mol. The molecule has 0 radical (unpaired) electrons. The zero-order valence-corrected chi connectivity index (χ0v) is 14.5. The highest BCUT2D eigenvalue weighted by atomic mass is 79.9. The van der Waals surface area contributed by atoms with Gasteiger partial charge in [0.1, 0.15) is 5.82 Å². The Kier molecular flexibility index (Phi) is 3.27. The molecule has 1 aromatic heterocycles. The van der Waals surface area contributed by atoms with E-state index in [-0.39, 0.29) is 5.82 Å². The molecule has 0 unspecified atom stereocenters. The van der Waals surface area contributed by atoms with Crippen LogP contribution in [0.4, 0.5) is 4.39 Å². The minimum absolute atomic E-state index is 0.247. The summed E-state index contributed by atoms with van der Waals surface area (Å²) in [7, 11) is 0. The number of rotatable bonds is 1. The zero-order chi connectivity index (χ0) is 16.1. The van der Waals surface area contributed by atoms with E-state index in [1.807, 2.05) is 6.07 Å². The smallest absolute Gasteiger partial charge is 0.126 e. The summed E-state index contributed by atoms with van der Waals surface area (Å²) in [5.41, 5.74) is 5.45. The van der Waals surface area contributed by atoms with Gasteiger partial charge in [-0.05, 0) is 56.3 Å². The van der Waals surface area contributed by atoms with Gasteiger partial charge in [0, 0.05) is 15.2 Å². The van der Waals surface area contributed by atoms with Gasteiger partial charge in [0.15, 0.2) is 0 Å². The van der Waals surface area contributed by atoms with Crippen LogP contribution in [-0.4, -0.2) is 4.57 Å². The number of halogens is 2. The number of aromatic nitrogens is 1. The molecular weight excluding hydrogens is 353 g/mol. The Hall–Kier alpha value is -2.13. The molecule has 0 saturated carbocycles. The molecule has 114 valence electrons. The van der Waals surface area contributed by atoms with Crippen LogP contribution in [0.5, 0.6) is 0 Å². The number of aryl methyl sites for hydroxylation is 2. The molecule has 0 atom stereocenters. The van der Waals surface area contributed by atoms with Crippen molar-refractivity contribution in [3.05, 3.63) is 76.0 Å². The fourth-order valence-electron chi connectivity index (χ4n) is 3.20. The first kappa shape index (κ1) is 14.5. The van der Waals surface area contributed by atoms with Crippen molar-refractivity contribution in [3.63, 3.8) is 0 Å². The van der Waals surface area contributed by atoms with Crippen molar-refractivity contribution in [2.24, 2.45) is 0 Å². The van der Waals surface area contributed by atoms with Gasteiger partial charge < -0.3 is 4.57 Å². The van der Waals surface area contributed by atoms with Gasteiger partial charge in [0.25, 0.3) is 0 Å². The summed E-state index contributed by atoms with van der Waals surface area (Å²) >= 11 is 3.40. The average molecular weight is 368 g/mol. The van der Waals surface area contributed by atoms with E-state index in [0.717, 1.165) is 21.2 Å². The highest BCUT2D eigenvalue weighted by Crippen LogP contribution is 2.34. The van der Waals surface area contributed by atoms with Crippen LogP contribution in [0.25, 0.3) is 27.5 Å². The first-order valence-electron chi connectivity index (χ1n) is 7.51. The van der Waals surface area contributed by atoms with Gasteiger partial charge in [-0.2, -0.15) is 0 Å². The van der Waals surface area contributed by atoms with Crippen LogP contribution in [0.3, 0.4) is 0 Å². The van der Waals surface area contributed by atoms with E-state index in [4.69, 9.17) is 0 Å². The van der Waals surface area contributed by atoms with Gasteiger partial charge in [-0.25, -0.2) is 4.39 Å². The Bertz CT molecular complexity index is 983. The van der Waals surface area contributed by atoms with Crippen molar-refractivity contribution < 1.29 is 4.39 Å². The molecule has 0 N–H and O–H groups in total. The van der Waals surface area contributed by atoms with Crippen LogP contribution in [-0.2, 0) is 0 Å². The lowest BCUT2D eigenvalue weighted by Crippen LogP contribution is -1.95. The minimum Gasteiger partial charge on any atom is -0.309 e. The minimum atomic E-state index is -0.247. The second-order valence-corrected chi connectivity index (χ2v) is 6.92. The third-order valence-corrected chi connectivity index (χ3v) is 4.64. The van der Waals surface area contributed by atoms with Gasteiger partial charge in [-0.3, -0.25) is 0 Å². The quantitative estimate of drug-likeness (QED) is 0.371. The lowest BCUT2D eigenvalue weighted by Gasteiger charge is -2.09. The van der Waals surface area contributed by atoms with Crippen LogP contribution in [0.2, 0.25) is 0 Å². The van der Waals surface area contributed by atoms with E-state index >= 15 is 0 Å². The fourth-order valence-corrected chi connectivity index (χ4v) is 3.65. The predicted octanol–water partition coefficient (Wildman–Crippen LogP) is 6.30. The van der Waals surface area contributed by atoms with Gasteiger partial charge in [-0.1, -0.05) is 39.2 Å². The largest absolute Gasteiger partial charge is 0.309 e. The van der Waals surface area contributed by atoms with Gasteiger partial charge in [-0.15, -0.1) is 0 Å². The van der Waals surface area contributed by atoms with Crippen molar-refractivity contribution in [3.8, 4) is 5.69 Å². The maximum absolute atomic E-state index is 13.9. The Balaban J connectivity index is 2.19. The molecule has 0 bridgehead atoms. The highest BCUT2D eigenvalue weighted by Gasteiger charge is 2.13. The second-order valence-electron chi connectivity index (χ2n) is 6.00. The molecule has 1 nitrogen and oxygen atoms in total. The summed E-state index contributed by atoms with van der Waals surface area (Å²) in [5.74, 6) is -0.247. The van der Waals surface area contributed by atoms with Crippen LogP contribution >= 0.6 is 15.9 Å². The van der Waals surface area contributed by atoms with Crippen LogP contribution in [0, 0.1) is 19.7 Å². The van der Waals surface area contributed by atoms with Crippen LogP contribution < -0.4 is 0 Å². The normalized spacial score (nSPS) is 11.5. The first-order valence-corrected chi connectivity index (χ1v) is 8.30. The fraction of sp³-hybridized carbons (Fsp3) is 0.100. The molecular formula is C20H15BrFN. The Labute approximate surface area is 142 Å². The third kappa shape index (κ3) is 2.36. The molecule has 0 aliphatic carbocycles. The summed E-state index contributed by atoms with van der Waals surface area (Å²) in [6.45, 7) is 4.19. The molecule has 3 aromatic carbocycles. The number of fused-ring (bicyclic) bond motifs is 3. The molecule has 0 aliphatic rings. The zero-order valence-electron chi connectivity index (χ0n) is 12.9. The number of benzene rings is 3. The van der Waals surface area contributed by atoms with Crippen molar-refractivity contribution in [2.75, 3.05) is 0 Å². The average Bonchev–Trinajstić information content (AvgIpc) is 2.79. The Morgan fingerprint density at radius 2 is 1.35 bits per heavy atom. The number of nitrogens with zero attached hydrogens (tertiary/aromatic N) is 1. The maximum atomic E-state index is 13.9. The molecule has 0 spiro atoms. The summed E-state index contributed by atoms with van der Waals surface area (Å²) in [4.78, 5) is 0. The third-order valence-electron chi connectivity index (χ3n) is 4.18. The molecule has 4 aromatic rings. The standard InChI is InChI=1S/C20H15BrFN/c1-12-3-5-19-17(7-12)18-8-13(2)4-6-20(18)23(19)16-10-14(21)9-15(22)11-16/h3-11H,1-2H3. The molecule has 3 heteroatoms. The van der Waals surface area contributed by atoms with Gasteiger partial charge in [0.2, 0.25) is 0 Å². The van der Waals surface area contributed by atoms with Crippen molar-refractivity contribution >= 4 is 37.7 Å². The van der Waals surface area contributed by atoms with Gasteiger partial charge in [0.05, 0.1) is 16.7 Å². The summed E-state index contributed by atoms with van der Waals surface area (Å²) in [6.07, 6.45) is 0. The summed E-state index contributed by atoms with van der Waals surface area (Å²) in [6, 6.07) is 17.8. The van der Waals surface area contributed by atoms with Gasteiger partial charge >= 0.3 is 0 Å². The summed E-state index contributed by atoms with van der Waals surface area (Å²) in [5, 5.41) is 2.40. The summed E-state index contributed by atoms with van der Waals surface area (Å²) < 4.78 is 16.8. The van der Waals surface area contributed by atoms with E-state index in [1.54, 1.807) is 6.07 Å². The van der Waals surface area contributed by atoms with E-state index < -0.39 is 0 Å². The second kappa shape index (κ2) is 5.20. The Morgan fingerprint density at radius 3 is 1.87 bits per heavy atom. The van der Waals surface area contributed by atoms with Crippen molar-refractivity contribution in [1.82, 2.24) is 4.57 Å². The maximum Gasteiger partial charge on any atom is 0.126 e. The van der Waals surface area contributed by atoms with E-state index in [9.17, 15) is 4.39 Å². The van der Waals surface area contributed by atoms with Crippen molar-refractivity contribution in [1.29, 1.82) is 0 Å². The molecule has 0 aliphatic heterocycles. The van der Waals surface area contributed by atoms with Crippen LogP contribution in [0.15, 0.2) is 59.1 Å². The predicted molar refractivity (Wildman–Crippen MR) is 97.9 cm³/mol. The first-order chi connectivity index (χ1) is 11.0. The molecule has 0 saturated heterocycles. The molecule has 4 rings (SSSR count).